The van der Waals surface area contributed by atoms with Gasteiger partial charge in [0.1, 0.15) is 5.75 Å². The number of rotatable bonds is 4. The number of benzene rings is 1. The van der Waals surface area contributed by atoms with Gasteiger partial charge in [-0.25, -0.2) is 0 Å². The Bertz CT molecular complexity index is 381. The Morgan fingerprint density at radius 3 is 2.94 bits per heavy atom. The van der Waals surface area contributed by atoms with Crippen molar-refractivity contribution in [2.75, 3.05) is 13.7 Å². The molecule has 0 fully saturated rings. The lowest BCUT2D eigenvalue weighted by atomic mass is 10.2. The van der Waals surface area contributed by atoms with Crippen LogP contribution in [0.15, 0.2) is 22.7 Å². The van der Waals surface area contributed by atoms with Crippen molar-refractivity contribution in [1.29, 1.82) is 0 Å². The predicted octanol–water partition coefficient (Wildman–Crippen LogP) is 1.92. The number of carbonyl (C=O) groups excluding carboxylic acids is 1. The van der Waals surface area contributed by atoms with Gasteiger partial charge in [-0.1, -0.05) is 15.9 Å². The fraction of sp³-hybridized carbons (Fsp3) is 0.364. The number of phenols is 1. The fourth-order valence-electron chi connectivity index (χ4n) is 1.28. The first-order valence-corrected chi connectivity index (χ1v) is 5.62. The van der Waals surface area contributed by atoms with Gasteiger partial charge in [-0.3, -0.25) is 4.79 Å². The van der Waals surface area contributed by atoms with E-state index in [1.165, 1.54) is 6.07 Å². The largest absolute Gasteiger partial charge is 0.507 e. The Morgan fingerprint density at radius 2 is 2.31 bits per heavy atom. The number of aromatic hydroxyl groups is 1. The number of hydrogen-bond donors (Lipinski definition) is 2. The Kier molecular flexibility index (Phi) is 4.76. The highest BCUT2D eigenvalue weighted by atomic mass is 79.9. The molecular weight excluding hydrogens is 274 g/mol. The van der Waals surface area contributed by atoms with Gasteiger partial charge in [-0.2, -0.15) is 0 Å². The SMILES string of the molecule is COCC(C)NC(=O)c1cc(Br)ccc1O. The molecule has 0 bridgehead atoms. The normalized spacial score (nSPS) is 12.2. The fourth-order valence-corrected chi connectivity index (χ4v) is 1.64. The van der Waals surface area contributed by atoms with E-state index >= 15 is 0 Å². The van der Waals surface area contributed by atoms with E-state index in [0.717, 1.165) is 4.47 Å². The Labute approximate surface area is 103 Å². The first-order valence-electron chi connectivity index (χ1n) is 4.83. The quantitative estimate of drug-likeness (QED) is 0.890. The Hall–Kier alpha value is -1.07. The molecule has 0 saturated carbocycles. The second kappa shape index (κ2) is 5.86. The lowest BCUT2D eigenvalue weighted by Gasteiger charge is -2.13. The Balaban J connectivity index is 2.76. The highest BCUT2D eigenvalue weighted by Crippen LogP contribution is 2.21. The van der Waals surface area contributed by atoms with Crippen LogP contribution in [0.25, 0.3) is 0 Å². The number of amides is 1. The van der Waals surface area contributed by atoms with Gasteiger partial charge < -0.3 is 15.2 Å². The average molecular weight is 288 g/mol. The number of phenolic OH excluding ortho intramolecular Hbond substituents is 1. The average Bonchev–Trinajstić information content (AvgIpc) is 2.21. The zero-order chi connectivity index (χ0) is 12.1. The maximum atomic E-state index is 11.8. The summed E-state index contributed by atoms with van der Waals surface area (Å²) in [5, 5.41) is 12.3. The molecule has 1 unspecified atom stereocenters. The molecule has 2 N–H and O–H groups in total. The van der Waals surface area contributed by atoms with Crippen molar-refractivity contribution < 1.29 is 14.6 Å². The van der Waals surface area contributed by atoms with Crippen LogP contribution in [0.2, 0.25) is 0 Å². The zero-order valence-corrected chi connectivity index (χ0v) is 10.7. The number of nitrogens with one attached hydrogen (secondary N) is 1. The third-order valence-electron chi connectivity index (χ3n) is 2.00. The van der Waals surface area contributed by atoms with Gasteiger partial charge in [0, 0.05) is 17.6 Å². The third kappa shape index (κ3) is 3.50. The minimum Gasteiger partial charge on any atom is -0.507 e. The van der Waals surface area contributed by atoms with Gasteiger partial charge in [0.2, 0.25) is 0 Å². The smallest absolute Gasteiger partial charge is 0.255 e. The minimum absolute atomic E-state index is 0.0367. The molecule has 1 rings (SSSR count). The molecule has 0 spiro atoms. The van der Waals surface area contributed by atoms with Crippen LogP contribution in [0.1, 0.15) is 17.3 Å². The molecule has 0 radical (unpaired) electrons. The van der Waals surface area contributed by atoms with Gasteiger partial charge in [-0.15, -0.1) is 0 Å². The maximum Gasteiger partial charge on any atom is 0.255 e. The summed E-state index contributed by atoms with van der Waals surface area (Å²) in [5.74, 6) is -0.353. The van der Waals surface area contributed by atoms with Crippen molar-refractivity contribution >= 4 is 21.8 Å². The van der Waals surface area contributed by atoms with Crippen molar-refractivity contribution in [2.45, 2.75) is 13.0 Å². The lowest BCUT2D eigenvalue weighted by Crippen LogP contribution is -2.35. The molecule has 1 atom stereocenters. The molecule has 0 aliphatic rings. The summed E-state index contributed by atoms with van der Waals surface area (Å²) in [7, 11) is 1.57. The van der Waals surface area contributed by atoms with Crippen LogP contribution >= 0.6 is 15.9 Å². The van der Waals surface area contributed by atoms with E-state index in [1.54, 1.807) is 19.2 Å². The topological polar surface area (TPSA) is 58.6 Å². The molecule has 1 amide bonds. The van der Waals surface area contributed by atoms with E-state index in [4.69, 9.17) is 4.74 Å². The van der Waals surface area contributed by atoms with Crippen molar-refractivity contribution in [3.63, 3.8) is 0 Å². The summed E-state index contributed by atoms with van der Waals surface area (Å²) < 4.78 is 5.65. The molecule has 4 nitrogen and oxygen atoms in total. The summed E-state index contributed by atoms with van der Waals surface area (Å²) >= 11 is 3.25. The van der Waals surface area contributed by atoms with E-state index in [0.29, 0.717) is 6.61 Å². The van der Waals surface area contributed by atoms with Crippen LogP contribution in [-0.2, 0) is 4.74 Å². The van der Waals surface area contributed by atoms with Crippen LogP contribution in [0, 0.1) is 0 Å². The zero-order valence-electron chi connectivity index (χ0n) is 9.16. The van der Waals surface area contributed by atoms with Crippen molar-refractivity contribution in [3.8, 4) is 5.75 Å². The molecule has 0 aromatic heterocycles. The van der Waals surface area contributed by atoms with Crippen LogP contribution in [0.3, 0.4) is 0 Å². The summed E-state index contributed by atoms with van der Waals surface area (Å²) in [6.45, 7) is 2.26. The molecular formula is C11H14BrNO3. The molecule has 0 saturated heterocycles. The van der Waals surface area contributed by atoms with E-state index < -0.39 is 0 Å². The third-order valence-corrected chi connectivity index (χ3v) is 2.49. The highest BCUT2D eigenvalue weighted by Gasteiger charge is 2.13. The van der Waals surface area contributed by atoms with Crippen molar-refractivity contribution in [1.82, 2.24) is 5.32 Å². The number of halogens is 1. The van der Waals surface area contributed by atoms with E-state index in [-0.39, 0.29) is 23.3 Å². The van der Waals surface area contributed by atoms with Gasteiger partial charge >= 0.3 is 0 Å². The van der Waals surface area contributed by atoms with E-state index in [9.17, 15) is 9.90 Å². The van der Waals surface area contributed by atoms with Crippen molar-refractivity contribution in [2.24, 2.45) is 0 Å². The highest BCUT2D eigenvalue weighted by molar-refractivity contribution is 9.10. The minimum atomic E-state index is -0.316. The van der Waals surface area contributed by atoms with Gasteiger partial charge in [-0.05, 0) is 25.1 Å². The molecule has 5 heteroatoms. The molecule has 0 aliphatic heterocycles. The summed E-state index contributed by atoms with van der Waals surface area (Å²) in [5.41, 5.74) is 0.248. The van der Waals surface area contributed by atoms with E-state index in [2.05, 4.69) is 21.2 Å². The van der Waals surface area contributed by atoms with Crippen LogP contribution in [0.5, 0.6) is 5.75 Å². The molecule has 16 heavy (non-hydrogen) atoms. The van der Waals surface area contributed by atoms with Crippen LogP contribution in [-0.4, -0.2) is 30.8 Å². The maximum absolute atomic E-state index is 11.8. The second-order valence-corrected chi connectivity index (χ2v) is 4.41. The van der Waals surface area contributed by atoms with Crippen molar-refractivity contribution in [3.05, 3.63) is 28.2 Å². The number of hydrogen-bond acceptors (Lipinski definition) is 3. The van der Waals surface area contributed by atoms with Crippen LogP contribution < -0.4 is 5.32 Å². The monoisotopic (exact) mass is 287 g/mol. The molecule has 1 aromatic carbocycles. The van der Waals surface area contributed by atoms with Gasteiger partial charge in [0.15, 0.2) is 0 Å². The predicted molar refractivity (Wildman–Crippen MR) is 64.6 cm³/mol. The molecule has 0 heterocycles. The first-order chi connectivity index (χ1) is 7.54. The van der Waals surface area contributed by atoms with E-state index in [1.807, 2.05) is 6.92 Å². The number of ether oxygens (including phenoxy) is 1. The van der Waals surface area contributed by atoms with Crippen LogP contribution in [0.4, 0.5) is 0 Å². The standard InChI is InChI=1S/C11H14BrNO3/c1-7(6-16-2)13-11(15)9-5-8(12)3-4-10(9)14/h3-5,7,14H,6H2,1-2H3,(H,13,15). The summed E-state index contributed by atoms with van der Waals surface area (Å²) in [6, 6.07) is 4.62. The molecule has 0 aliphatic carbocycles. The molecule has 1 aromatic rings. The Morgan fingerprint density at radius 1 is 1.62 bits per heavy atom. The summed E-state index contributed by atoms with van der Waals surface area (Å²) in [4.78, 5) is 11.8. The first kappa shape index (κ1) is 13.0. The number of methoxy groups -OCH3 is 1. The number of carbonyl (C=O) groups is 1. The lowest BCUT2D eigenvalue weighted by molar-refractivity contribution is 0.0903. The second-order valence-electron chi connectivity index (χ2n) is 3.49. The molecule has 88 valence electrons. The van der Waals surface area contributed by atoms with Gasteiger partial charge in [0.05, 0.1) is 12.2 Å². The van der Waals surface area contributed by atoms with Gasteiger partial charge in [0.25, 0.3) is 5.91 Å². The summed E-state index contributed by atoms with van der Waals surface area (Å²) in [6.07, 6.45) is 0.